The number of para-hydroxylation sites is 1. The van der Waals surface area contributed by atoms with E-state index in [1.807, 2.05) is 79.7 Å². The summed E-state index contributed by atoms with van der Waals surface area (Å²) >= 11 is 0. The van der Waals surface area contributed by atoms with Gasteiger partial charge in [-0.05, 0) is 43.3 Å². The second kappa shape index (κ2) is 8.67. The summed E-state index contributed by atoms with van der Waals surface area (Å²) in [4.78, 5) is 29.5. The van der Waals surface area contributed by atoms with Crippen molar-refractivity contribution in [1.82, 2.24) is 9.78 Å². The zero-order valence-electron chi connectivity index (χ0n) is 17.3. The average molecular weight is 410 g/mol. The molecule has 6 nitrogen and oxygen atoms in total. The highest BCUT2D eigenvalue weighted by Gasteiger charge is 2.19. The summed E-state index contributed by atoms with van der Waals surface area (Å²) in [6, 6.07) is 26.3. The molecule has 0 radical (unpaired) electrons. The second-order valence-electron chi connectivity index (χ2n) is 7.14. The maximum absolute atomic E-state index is 13.4. The Bertz CT molecular complexity index is 1290. The van der Waals surface area contributed by atoms with E-state index in [1.165, 1.54) is 11.6 Å². The van der Waals surface area contributed by atoms with Crippen LogP contribution >= 0.6 is 0 Å². The molecular weight excluding hydrogens is 388 g/mol. The van der Waals surface area contributed by atoms with Gasteiger partial charge in [0.15, 0.2) is 0 Å². The maximum atomic E-state index is 13.4. The number of carbonyl (C=O) groups is 1. The largest absolute Gasteiger partial charge is 0.326 e. The van der Waals surface area contributed by atoms with Crippen molar-refractivity contribution in [1.29, 1.82) is 0 Å². The number of aromatic amines is 1. The van der Waals surface area contributed by atoms with Gasteiger partial charge in [0, 0.05) is 23.9 Å². The first kappa shape index (κ1) is 20.1. The number of hydrogen-bond acceptors (Lipinski definition) is 3. The molecule has 0 saturated carbocycles. The van der Waals surface area contributed by atoms with E-state index in [9.17, 15) is 9.59 Å². The van der Waals surface area contributed by atoms with Crippen LogP contribution in [0.2, 0.25) is 0 Å². The Kier molecular flexibility index (Phi) is 5.62. The van der Waals surface area contributed by atoms with Crippen LogP contribution in [-0.2, 0) is 4.79 Å². The first-order chi connectivity index (χ1) is 15.0. The lowest BCUT2D eigenvalue weighted by molar-refractivity contribution is -0.114. The molecule has 1 heterocycles. The summed E-state index contributed by atoms with van der Waals surface area (Å²) in [7, 11) is 0. The number of nitrogens with one attached hydrogen (secondary N) is 2. The van der Waals surface area contributed by atoms with Gasteiger partial charge >= 0.3 is 0 Å². The van der Waals surface area contributed by atoms with Gasteiger partial charge in [-0.15, -0.1) is 0 Å². The number of aromatic nitrogens is 2. The normalized spacial score (nSPS) is 11.4. The SMILES string of the molecule is CC(=O)Nc1ccc(N=C(c2ccccc2)c2c(C)[nH]n(-c3ccccc3)c2=O)cc1. The van der Waals surface area contributed by atoms with Crippen LogP contribution in [0, 0.1) is 6.92 Å². The van der Waals surface area contributed by atoms with Crippen molar-refractivity contribution in [2.24, 2.45) is 4.99 Å². The van der Waals surface area contributed by atoms with Crippen LogP contribution in [-0.4, -0.2) is 21.4 Å². The van der Waals surface area contributed by atoms with Crippen molar-refractivity contribution in [3.8, 4) is 5.69 Å². The first-order valence-electron chi connectivity index (χ1n) is 9.92. The highest BCUT2D eigenvalue weighted by atomic mass is 16.1. The number of hydrogen-bond donors (Lipinski definition) is 2. The quantitative estimate of drug-likeness (QED) is 0.472. The Balaban J connectivity index is 1.84. The number of rotatable bonds is 5. The molecule has 4 aromatic rings. The molecule has 0 saturated heterocycles. The molecule has 0 fully saturated rings. The van der Waals surface area contributed by atoms with Gasteiger partial charge in [0.05, 0.1) is 22.6 Å². The van der Waals surface area contributed by atoms with Gasteiger partial charge in [-0.2, -0.15) is 0 Å². The Hall–Kier alpha value is -4.19. The van der Waals surface area contributed by atoms with Crippen molar-refractivity contribution in [2.75, 3.05) is 5.32 Å². The van der Waals surface area contributed by atoms with Crippen LogP contribution in [0.1, 0.15) is 23.7 Å². The molecule has 0 aliphatic rings. The first-order valence-corrected chi connectivity index (χ1v) is 9.92. The molecule has 0 aliphatic heterocycles. The van der Waals surface area contributed by atoms with Gasteiger partial charge in [0.25, 0.3) is 5.56 Å². The van der Waals surface area contributed by atoms with Gasteiger partial charge in [-0.25, -0.2) is 9.67 Å². The standard InChI is InChI=1S/C25H22N4O2/c1-17-23(25(31)29(28-17)22-11-7-4-8-12-22)24(19-9-5-3-6-10-19)27-21-15-13-20(14-16-21)26-18(2)30/h3-16,28H,1-2H3,(H,26,30). The molecule has 0 bridgehead atoms. The average Bonchev–Trinajstić information content (AvgIpc) is 3.08. The highest BCUT2D eigenvalue weighted by molar-refractivity contribution is 6.14. The predicted molar refractivity (Wildman–Crippen MR) is 124 cm³/mol. The molecule has 0 atom stereocenters. The predicted octanol–water partition coefficient (Wildman–Crippen LogP) is 4.60. The van der Waals surface area contributed by atoms with E-state index in [0.29, 0.717) is 22.6 Å². The van der Waals surface area contributed by atoms with E-state index in [-0.39, 0.29) is 11.5 Å². The number of nitrogens with zero attached hydrogens (tertiary/aromatic N) is 2. The molecule has 4 rings (SSSR count). The number of aryl methyl sites for hydroxylation is 1. The van der Waals surface area contributed by atoms with E-state index >= 15 is 0 Å². The molecule has 154 valence electrons. The van der Waals surface area contributed by atoms with Crippen LogP contribution in [0.25, 0.3) is 5.69 Å². The molecule has 1 aromatic heterocycles. The zero-order valence-corrected chi connectivity index (χ0v) is 17.3. The molecule has 31 heavy (non-hydrogen) atoms. The summed E-state index contributed by atoms with van der Waals surface area (Å²) in [6.07, 6.45) is 0. The Morgan fingerprint density at radius 3 is 2.13 bits per heavy atom. The third-order valence-corrected chi connectivity index (χ3v) is 4.80. The maximum Gasteiger partial charge on any atom is 0.280 e. The van der Waals surface area contributed by atoms with Crippen LogP contribution in [0.4, 0.5) is 11.4 Å². The Morgan fingerprint density at radius 2 is 1.52 bits per heavy atom. The van der Waals surface area contributed by atoms with Crippen LogP contribution in [0.3, 0.4) is 0 Å². The summed E-state index contributed by atoms with van der Waals surface area (Å²) in [5.41, 5.74) is 4.63. The van der Waals surface area contributed by atoms with Crippen LogP contribution < -0.4 is 10.9 Å². The van der Waals surface area contributed by atoms with Gasteiger partial charge in [-0.3, -0.25) is 14.7 Å². The zero-order chi connectivity index (χ0) is 21.8. The van der Waals surface area contributed by atoms with Crippen molar-refractivity contribution in [2.45, 2.75) is 13.8 Å². The molecule has 3 aromatic carbocycles. The monoisotopic (exact) mass is 410 g/mol. The number of amides is 1. The van der Waals surface area contributed by atoms with E-state index in [1.54, 1.807) is 12.1 Å². The lowest BCUT2D eigenvalue weighted by atomic mass is 10.0. The van der Waals surface area contributed by atoms with Gasteiger partial charge in [-0.1, -0.05) is 48.5 Å². The van der Waals surface area contributed by atoms with Gasteiger partial charge in [0.1, 0.15) is 0 Å². The minimum Gasteiger partial charge on any atom is -0.326 e. The fraction of sp³-hybridized carbons (Fsp3) is 0.0800. The molecule has 0 spiro atoms. The molecule has 0 aliphatic carbocycles. The van der Waals surface area contributed by atoms with Crippen LogP contribution in [0.5, 0.6) is 0 Å². The summed E-state index contributed by atoms with van der Waals surface area (Å²) in [6.45, 7) is 3.33. The fourth-order valence-electron chi connectivity index (χ4n) is 3.40. The number of benzene rings is 3. The molecular formula is C25H22N4O2. The number of anilines is 1. The highest BCUT2D eigenvalue weighted by Crippen LogP contribution is 2.21. The van der Waals surface area contributed by atoms with E-state index < -0.39 is 0 Å². The van der Waals surface area contributed by atoms with Gasteiger partial charge in [0.2, 0.25) is 5.91 Å². The summed E-state index contributed by atoms with van der Waals surface area (Å²) < 4.78 is 1.53. The lowest BCUT2D eigenvalue weighted by Crippen LogP contribution is -2.21. The Labute approximate surface area is 179 Å². The smallest absolute Gasteiger partial charge is 0.280 e. The third-order valence-electron chi connectivity index (χ3n) is 4.80. The summed E-state index contributed by atoms with van der Waals surface area (Å²) in [5, 5.41) is 5.91. The Morgan fingerprint density at radius 1 is 0.903 bits per heavy atom. The van der Waals surface area contributed by atoms with Gasteiger partial charge < -0.3 is 5.32 Å². The topological polar surface area (TPSA) is 79.2 Å². The van der Waals surface area contributed by atoms with E-state index in [2.05, 4.69) is 10.4 Å². The summed E-state index contributed by atoms with van der Waals surface area (Å²) in [5.74, 6) is -0.134. The molecule has 0 unspecified atom stereocenters. The molecule has 6 heteroatoms. The van der Waals surface area contributed by atoms with E-state index in [0.717, 1.165) is 16.9 Å². The van der Waals surface area contributed by atoms with Crippen molar-refractivity contribution in [3.63, 3.8) is 0 Å². The molecule has 2 N–H and O–H groups in total. The van der Waals surface area contributed by atoms with E-state index in [4.69, 9.17) is 4.99 Å². The molecule has 1 amide bonds. The van der Waals surface area contributed by atoms with Crippen molar-refractivity contribution in [3.05, 3.63) is 112 Å². The third kappa shape index (κ3) is 4.38. The number of carbonyl (C=O) groups excluding carboxylic acids is 1. The van der Waals surface area contributed by atoms with Crippen molar-refractivity contribution < 1.29 is 4.79 Å². The lowest BCUT2D eigenvalue weighted by Gasteiger charge is -2.07. The van der Waals surface area contributed by atoms with Crippen LogP contribution in [0.15, 0.2) is 94.7 Å². The number of aliphatic imine (C=N–C) groups is 1. The fourth-order valence-corrected chi connectivity index (χ4v) is 3.40. The van der Waals surface area contributed by atoms with Crippen molar-refractivity contribution >= 4 is 23.0 Å². The number of H-pyrrole nitrogens is 1. The minimum atomic E-state index is -0.166. The minimum absolute atomic E-state index is 0.134. The second-order valence-corrected chi connectivity index (χ2v) is 7.14.